The van der Waals surface area contributed by atoms with Crippen molar-refractivity contribution in [1.82, 2.24) is 15.1 Å². The quantitative estimate of drug-likeness (QED) is 0.865. The first-order valence-corrected chi connectivity index (χ1v) is 8.82. The molecule has 1 aromatic rings. The van der Waals surface area contributed by atoms with Crippen molar-refractivity contribution >= 4 is 6.03 Å². The molecule has 1 aromatic carbocycles. The van der Waals surface area contributed by atoms with Gasteiger partial charge < -0.3 is 24.4 Å². The number of carbonyl (C=O) groups is 1. The van der Waals surface area contributed by atoms with Crippen molar-refractivity contribution < 1.29 is 19.0 Å². The smallest absolute Gasteiger partial charge is 0.317 e. The highest BCUT2D eigenvalue weighted by Gasteiger charge is 2.24. The number of fused-ring (bicyclic) bond motifs is 1. The first-order chi connectivity index (χ1) is 12.1. The Morgan fingerprint density at radius 2 is 2.04 bits per heavy atom. The molecule has 25 heavy (non-hydrogen) atoms. The number of morpholine rings is 1. The normalized spacial score (nSPS) is 21.4. The number of para-hydroxylation sites is 2. The van der Waals surface area contributed by atoms with E-state index in [0.29, 0.717) is 13.2 Å². The number of nitrogens with zero attached hydrogens (tertiary/aromatic N) is 2. The largest absolute Gasteiger partial charge is 0.486 e. The van der Waals surface area contributed by atoms with Gasteiger partial charge in [-0.2, -0.15) is 0 Å². The Bertz CT molecular complexity index is 577. The van der Waals surface area contributed by atoms with Crippen molar-refractivity contribution in [2.24, 2.45) is 0 Å². The zero-order chi connectivity index (χ0) is 17.6. The molecule has 0 saturated carbocycles. The second-order valence-corrected chi connectivity index (χ2v) is 6.64. The van der Waals surface area contributed by atoms with E-state index in [4.69, 9.17) is 14.2 Å². The summed E-state index contributed by atoms with van der Waals surface area (Å²) in [6.07, 6.45) is -0.166. The van der Waals surface area contributed by atoms with Gasteiger partial charge >= 0.3 is 6.03 Å². The minimum absolute atomic E-state index is 0.0808. The number of hydrogen-bond donors (Lipinski definition) is 1. The molecule has 0 aromatic heterocycles. The topological polar surface area (TPSA) is 63.3 Å². The number of urea groups is 1. The molecule has 2 atom stereocenters. The maximum absolute atomic E-state index is 12.4. The zero-order valence-electron chi connectivity index (χ0n) is 14.9. The maximum atomic E-state index is 12.4. The first-order valence-electron chi connectivity index (χ1n) is 8.82. The average molecular weight is 349 g/mol. The molecule has 2 aliphatic heterocycles. The van der Waals surface area contributed by atoms with Gasteiger partial charge in [0.25, 0.3) is 0 Å². The van der Waals surface area contributed by atoms with E-state index >= 15 is 0 Å². The molecule has 1 N–H and O–H groups in total. The third kappa shape index (κ3) is 4.99. The summed E-state index contributed by atoms with van der Waals surface area (Å²) in [6, 6.07) is 7.58. The summed E-state index contributed by atoms with van der Waals surface area (Å²) in [6.45, 7) is 7.15. The molecule has 2 heterocycles. The molecule has 0 radical (unpaired) electrons. The lowest BCUT2D eigenvalue weighted by Crippen LogP contribution is -2.51. The van der Waals surface area contributed by atoms with Crippen LogP contribution in [-0.4, -0.2) is 81.0 Å². The predicted octanol–water partition coefficient (Wildman–Crippen LogP) is 1.19. The molecule has 0 aliphatic carbocycles. The van der Waals surface area contributed by atoms with Gasteiger partial charge in [0, 0.05) is 32.7 Å². The van der Waals surface area contributed by atoms with Gasteiger partial charge in [0.2, 0.25) is 0 Å². The zero-order valence-corrected chi connectivity index (χ0v) is 14.9. The monoisotopic (exact) mass is 349 g/mol. The van der Waals surface area contributed by atoms with Gasteiger partial charge in [-0.15, -0.1) is 0 Å². The number of likely N-dealkylation sites (N-methyl/N-ethyl adjacent to an activating group) is 1. The Morgan fingerprint density at radius 3 is 2.80 bits per heavy atom. The molecule has 2 amide bonds. The molecule has 1 fully saturated rings. The van der Waals surface area contributed by atoms with E-state index in [2.05, 4.69) is 10.2 Å². The van der Waals surface area contributed by atoms with E-state index in [1.54, 1.807) is 11.9 Å². The first kappa shape index (κ1) is 17.8. The van der Waals surface area contributed by atoms with Crippen LogP contribution in [0.25, 0.3) is 0 Å². The van der Waals surface area contributed by atoms with E-state index in [-0.39, 0.29) is 18.2 Å². The Morgan fingerprint density at radius 1 is 1.32 bits per heavy atom. The van der Waals surface area contributed by atoms with Crippen molar-refractivity contribution in [2.45, 2.75) is 19.1 Å². The van der Waals surface area contributed by atoms with Crippen LogP contribution in [0.15, 0.2) is 24.3 Å². The van der Waals surface area contributed by atoms with Gasteiger partial charge in [-0.3, -0.25) is 4.90 Å². The lowest BCUT2D eigenvalue weighted by Gasteiger charge is -2.32. The molecule has 7 heteroatoms. The highest BCUT2D eigenvalue weighted by molar-refractivity contribution is 5.74. The molecule has 7 nitrogen and oxygen atoms in total. The van der Waals surface area contributed by atoms with Gasteiger partial charge in [-0.25, -0.2) is 4.79 Å². The van der Waals surface area contributed by atoms with Crippen molar-refractivity contribution in [3.8, 4) is 11.5 Å². The Kier molecular flexibility index (Phi) is 5.99. The minimum Gasteiger partial charge on any atom is -0.486 e. The standard InChI is InChI=1S/C18H27N3O4/c1-14(11-21-7-9-23-10-8-21)19-18(22)20(2)12-15-13-24-16-5-3-4-6-17(16)25-15/h3-6,14-15H,7-13H2,1-2H3,(H,19,22)/t14-,15-/m0/s1. The van der Waals surface area contributed by atoms with Crippen LogP contribution >= 0.6 is 0 Å². The molecule has 3 rings (SSSR count). The summed E-state index contributed by atoms with van der Waals surface area (Å²) in [5, 5.41) is 3.04. The van der Waals surface area contributed by atoms with Crippen molar-refractivity contribution in [1.29, 1.82) is 0 Å². The number of benzene rings is 1. The Labute approximate surface area is 148 Å². The number of hydrogen-bond acceptors (Lipinski definition) is 5. The summed E-state index contributed by atoms with van der Waals surface area (Å²) in [4.78, 5) is 16.3. The SMILES string of the molecule is C[C@@H](CN1CCOCC1)NC(=O)N(C)C[C@H]1COc2ccccc2O1. The second kappa shape index (κ2) is 8.40. The molecule has 0 spiro atoms. The third-order valence-electron chi connectivity index (χ3n) is 4.40. The van der Waals surface area contributed by atoms with Gasteiger partial charge in [0.05, 0.1) is 19.8 Å². The number of amides is 2. The van der Waals surface area contributed by atoms with Gasteiger partial charge in [-0.05, 0) is 19.1 Å². The van der Waals surface area contributed by atoms with Crippen molar-refractivity contribution in [3.63, 3.8) is 0 Å². The number of ether oxygens (including phenoxy) is 3. The van der Waals surface area contributed by atoms with Crippen LogP contribution < -0.4 is 14.8 Å². The van der Waals surface area contributed by atoms with Crippen LogP contribution in [0.2, 0.25) is 0 Å². The predicted molar refractivity (Wildman–Crippen MR) is 94.2 cm³/mol. The fourth-order valence-electron chi connectivity index (χ4n) is 3.08. The highest BCUT2D eigenvalue weighted by atomic mass is 16.6. The number of rotatable bonds is 5. The van der Waals surface area contributed by atoms with E-state index in [1.807, 2.05) is 31.2 Å². The average Bonchev–Trinajstić information content (AvgIpc) is 2.62. The van der Waals surface area contributed by atoms with E-state index in [0.717, 1.165) is 44.3 Å². The Hall–Kier alpha value is -1.99. The molecular formula is C18H27N3O4. The van der Waals surface area contributed by atoms with Crippen LogP contribution in [0.1, 0.15) is 6.92 Å². The number of nitrogens with one attached hydrogen (secondary N) is 1. The molecule has 1 saturated heterocycles. The van der Waals surface area contributed by atoms with Gasteiger partial charge in [0.1, 0.15) is 6.61 Å². The summed E-state index contributed by atoms with van der Waals surface area (Å²) < 4.78 is 17.0. The summed E-state index contributed by atoms with van der Waals surface area (Å²) in [5.41, 5.74) is 0. The lowest BCUT2D eigenvalue weighted by atomic mass is 10.2. The lowest BCUT2D eigenvalue weighted by molar-refractivity contribution is 0.0344. The van der Waals surface area contributed by atoms with Crippen LogP contribution in [0.5, 0.6) is 11.5 Å². The van der Waals surface area contributed by atoms with Crippen LogP contribution in [0, 0.1) is 0 Å². The van der Waals surface area contributed by atoms with E-state index < -0.39 is 0 Å². The van der Waals surface area contributed by atoms with Crippen LogP contribution in [0.4, 0.5) is 4.79 Å². The molecule has 2 aliphatic rings. The van der Waals surface area contributed by atoms with Crippen LogP contribution in [0.3, 0.4) is 0 Å². The van der Waals surface area contributed by atoms with Crippen molar-refractivity contribution in [3.05, 3.63) is 24.3 Å². The molecule has 0 unspecified atom stereocenters. The highest BCUT2D eigenvalue weighted by Crippen LogP contribution is 2.30. The van der Waals surface area contributed by atoms with Gasteiger partial charge in [-0.1, -0.05) is 12.1 Å². The molecule has 0 bridgehead atoms. The summed E-state index contributed by atoms with van der Waals surface area (Å²) in [7, 11) is 1.78. The fourth-order valence-corrected chi connectivity index (χ4v) is 3.08. The fraction of sp³-hybridized carbons (Fsp3) is 0.611. The summed E-state index contributed by atoms with van der Waals surface area (Å²) in [5.74, 6) is 1.48. The van der Waals surface area contributed by atoms with E-state index in [9.17, 15) is 4.79 Å². The van der Waals surface area contributed by atoms with Crippen LogP contribution in [-0.2, 0) is 4.74 Å². The van der Waals surface area contributed by atoms with Crippen molar-refractivity contribution in [2.75, 3.05) is 53.0 Å². The second-order valence-electron chi connectivity index (χ2n) is 6.64. The maximum Gasteiger partial charge on any atom is 0.317 e. The summed E-state index contributed by atoms with van der Waals surface area (Å²) >= 11 is 0. The third-order valence-corrected chi connectivity index (χ3v) is 4.40. The molecular weight excluding hydrogens is 322 g/mol. The Balaban J connectivity index is 1.43. The minimum atomic E-state index is -0.166. The molecule has 138 valence electrons. The number of carbonyl (C=O) groups excluding carboxylic acids is 1. The van der Waals surface area contributed by atoms with Gasteiger partial charge in [0.15, 0.2) is 17.6 Å². The van der Waals surface area contributed by atoms with E-state index in [1.165, 1.54) is 0 Å².